The number of fused-ring (bicyclic) bond motifs is 2. The van der Waals surface area contributed by atoms with E-state index in [9.17, 15) is 4.39 Å². The fraction of sp³-hybridized carbons (Fsp3) is 0.308. The van der Waals surface area contributed by atoms with E-state index >= 15 is 0 Å². The highest BCUT2D eigenvalue weighted by Gasteiger charge is 2.25. The van der Waals surface area contributed by atoms with Crippen molar-refractivity contribution in [2.24, 2.45) is 12.8 Å². The van der Waals surface area contributed by atoms with Crippen molar-refractivity contribution < 1.29 is 4.39 Å². The summed E-state index contributed by atoms with van der Waals surface area (Å²) in [5.41, 5.74) is 11.4. The molecule has 4 aromatic heterocycles. The first-order valence-corrected chi connectivity index (χ1v) is 11.8. The molecule has 35 heavy (non-hydrogen) atoms. The molecule has 178 valence electrons. The highest BCUT2D eigenvalue weighted by molar-refractivity contribution is 5.86. The second kappa shape index (κ2) is 8.21. The molecule has 0 bridgehead atoms. The van der Waals surface area contributed by atoms with Gasteiger partial charge in [0.2, 0.25) is 0 Å². The Hall–Kier alpha value is -3.69. The first kappa shape index (κ1) is 21.8. The van der Waals surface area contributed by atoms with Gasteiger partial charge in [-0.15, -0.1) is 10.2 Å². The van der Waals surface area contributed by atoms with Gasteiger partial charge in [0.05, 0.1) is 11.2 Å². The molecule has 0 spiro atoms. The number of pyridine rings is 2. The minimum absolute atomic E-state index is 0.235. The number of hydrogen-bond donors (Lipinski definition) is 1. The predicted octanol–water partition coefficient (Wildman–Crippen LogP) is 3.89. The fourth-order valence-electron chi connectivity index (χ4n) is 5.05. The highest BCUT2D eigenvalue weighted by atomic mass is 19.1. The fourth-order valence-corrected chi connectivity index (χ4v) is 5.05. The average Bonchev–Trinajstić information content (AvgIpc) is 3.55. The van der Waals surface area contributed by atoms with Crippen molar-refractivity contribution in [1.82, 2.24) is 34.3 Å². The number of likely N-dealkylation sites (tertiary alicyclic amines) is 1. The average molecular weight is 471 g/mol. The van der Waals surface area contributed by atoms with Crippen LogP contribution >= 0.6 is 0 Å². The highest BCUT2D eigenvalue weighted by Crippen LogP contribution is 2.31. The van der Waals surface area contributed by atoms with Gasteiger partial charge < -0.3 is 5.73 Å². The number of halogens is 1. The van der Waals surface area contributed by atoms with Gasteiger partial charge in [0.1, 0.15) is 11.5 Å². The molecule has 0 unspecified atom stereocenters. The van der Waals surface area contributed by atoms with Crippen LogP contribution in [0.5, 0.6) is 0 Å². The van der Waals surface area contributed by atoms with Gasteiger partial charge in [-0.2, -0.15) is 5.10 Å². The van der Waals surface area contributed by atoms with Crippen molar-refractivity contribution in [1.29, 1.82) is 0 Å². The molecule has 9 heteroatoms. The predicted molar refractivity (Wildman–Crippen MR) is 133 cm³/mol. The molecule has 0 radical (unpaired) electrons. The van der Waals surface area contributed by atoms with E-state index in [1.807, 2.05) is 42.8 Å². The van der Waals surface area contributed by atoms with Crippen LogP contribution in [0.2, 0.25) is 0 Å². The number of rotatable bonds is 4. The second-order valence-electron chi connectivity index (χ2n) is 9.46. The summed E-state index contributed by atoms with van der Waals surface area (Å²) in [4.78, 5) is 7.25. The monoisotopic (exact) mass is 470 g/mol. The lowest BCUT2D eigenvalue weighted by Crippen LogP contribution is -2.28. The molecule has 1 saturated heterocycles. The van der Waals surface area contributed by atoms with Gasteiger partial charge in [-0.3, -0.25) is 14.0 Å². The molecule has 1 aliphatic heterocycles. The van der Waals surface area contributed by atoms with Crippen molar-refractivity contribution in [3.63, 3.8) is 0 Å². The van der Waals surface area contributed by atoms with E-state index in [0.717, 1.165) is 41.8 Å². The Morgan fingerprint density at radius 3 is 2.69 bits per heavy atom. The second-order valence-corrected chi connectivity index (χ2v) is 9.46. The van der Waals surface area contributed by atoms with Gasteiger partial charge >= 0.3 is 0 Å². The van der Waals surface area contributed by atoms with E-state index in [1.54, 1.807) is 10.7 Å². The van der Waals surface area contributed by atoms with Crippen molar-refractivity contribution in [3.05, 3.63) is 65.9 Å². The Morgan fingerprint density at radius 2 is 1.94 bits per heavy atom. The van der Waals surface area contributed by atoms with Crippen molar-refractivity contribution >= 4 is 16.6 Å². The molecule has 5 heterocycles. The minimum Gasteiger partial charge on any atom is -0.326 e. The quantitative estimate of drug-likeness (QED) is 0.429. The first-order valence-electron chi connectivity index (χ1n) is 11.8. The number of benzene rings is 1. The van der Waals surface area contributed by atoms with Crippen molar-refractivity contribution in [2.45, 2.75) is 32.4 Å². The van der Waals surface area contributed by atoms with Crippen LogP contribution in [0.4, 0.5) is 4.39 Å². The molecule has 8 nitrogen and oxygen atoms in total. The molecule has 0 amide bonds. The van der Waals surface area contributed by atoms with Crippen LogP contribution in [0.25, 0.3) is 39.2 Å². The minimum atomic E-state index is -0.295. The normalized spacial score (nSPS) is 17.6. The Labute approximate surface area is 202 Å². The number of hydrogen-bond acceptors (Lipinski definition) is 6. The topological polar surface area (TPSA) is 90.2 Å². The van der Waals surface area contributed by atoms with Crippen LogP contribution in [0.3, 0.4) is 0 Å². The summed E-state index contributed by atoms with van der Waals surface area (Å²) in [5, 5.41) is 13.9. The molecular weight excluding hydrogens is 443 g/mol. The molecule has 2 atom stereocenters. The third kappa shape index (κ3) is 3.77. The first-order chi connectivity index (χ1) is 16.9. The lowest BCUT2D eigenvalue weighted by Gasteiger charge is -2.24. The zero-order chi connectivity index (χ0) is 24.3. The molecule has 1 fully saturated rings. The lowest BCUT2D eigenvalue weighted by molar-refractivity contribution is 0.259. The molecule has 5 aromatic rings. The van der Waals surface area contributed by atoms with Gasteiger partial charge in [0.15, 0.2) is 11.5 Å². The number of aromatic nitrogens is 6. The summed E-state index contributed by atoms with van der Waals surface area (Å²) in [6, 6.07) is 11.6. The van der Waals surface area contributed by atoms with Gasteiger partial charge in [-0.05, 0) is 50.1 Å². The lowest BCUT2D eigenvalue weighted by atomic mass is 10.0. The summed E-state index contributed by atoms with van der Waals surface area (Å²) in [5.74, 6) is 0.355. The number of nitrogens with two attached hydrogens (primary N) is 1. The van der Waals surface area contributed by atoms with Crippen LogP contribution in [0.1, 0.15) is 30.6 Å². The third-order valence-corrected chi connectivity index (χ3v) is 7.02. The number of aryl methyl sites for hydroxylation is 2. The molecule has 0 saturated carbocycles. The zero-order valence-corrected chi connectivity index (χ0v) is 20.0. The van der Waals surface area contributed by atoms with Crippen molar-refractivity contribution in [3.8, 4) is 22.6 Å². The van der Waals surface area contributed by atoms with E-state index < -0.39 is 0 Å². The number of nitrogens with zero attached hydrogens (tertiary/aromatic N) is 7. The maximum Gasteiger partial charge on any atom is 0.187 e. The standard InChI is InChI=1S/C26H27FN8/c1-15-21(14-33(3)32-15)20-11-24-17(10-22(20)27)4-6-23(29-24)26-31-30-25-7-5-18(12-35(25)26)16(2)34-9-8-19(28)13-34/h4-7,10-12,14,16,19H,8-9,13,28H2,1-3H3/t16-,19-/m0/s1. The van der Waals surface area contributed by atoms with E-state index in [-0.39, 0.29) is 17.9 Å². The van der Waals surface area contributed by atoms with E-state index in [2.05, 4.69) is 39.4 Å². The van der Waals surface area contributed by atoms with Crippen LogP contribution in [-0.4, -0.2) is 53.4 Å². The maximum atomic E-state index is 14.9. The Morgan fingerprint density at radius 1 is 1.09 bits per heavy atom. The van der Waals surface area contributed by atoms with E-state index in [0.29, 0.717) is 22.6 Å². The van der Waals surface area contributed by atoms with Gasteiger partial charge in [-0.25, -0.2) is 9.37 Å². The smallest absolute Gasteiger partial charge is 0.187 e. The van der Waals surface area contributed by atoms with E-state index in [1.165, 1.54) is 11.6 Å². The summed E-state index contributed by atoms with van der Waals surface area (Å²) >= 11 is 0. The summed E-state index contributed by atoms with van der Waals surface area (Å²) in [6.07, 6.45) is 4.93. The van der Waals surface area contributed by atoms with Crippen LogP contribution in [0.15, 0.2) is 48.8 Å². The third-order valence-electron chi connectivity index (χ3n) is 7.02. The van der Waals surface area contributed by atoms with Gasteiger partial charge in [0.25, 0.3) is 0 Å². The van der Waals surface area contributed by atoms with Crippen LogP contribution in [0, 0.1) is 12.7 Å². The Balaban J connectivity index is 1.42. The van der Waals surface area contributed by atoms with E-state index in [4.69, 9.17) is 10.7 Å². The maximum absolute atomic E-state index is 14.9. The Bertz CT molecular complexity index is 1570. The SMILES string of the molecule is Cc1nn(C)cc1-c1cc2nc(-c3nnc4ccc([C@H](C)N5CC[C@H](N)C5)cn34)ccc2cc1F. The van der Waals surface area contributed by atoms with Gasteiger partial charge in [-0.1, -0.05) is 12.1 Å². The van der Waals surface area contributed by atoms with Crippen LogP contribution < -0.4 is 5.73 Å². The summed E-state index contributed by atoms with van der Waals surface area (Å²) < 4.78 is 18.6. The molecule has 0 aliphatic carbocycles. The van der Waals surface area contributed by atoms with Crippen LogP contribution in [-0.2, 0) is 7.05 Å². The summed E-state index contributed by atoms with van der Waals surface area (Å²) in [7, 11) is 1.83. The molecule has 6 rings (SSSR count). The molecule has 2 N–H and O–H groups in total. The zero-order valence-electron chi connectivity index (χ0n) is 20.0. The summed E-state index contributed by atoms with van der Waals surface area (Å²) in [6.45, 7) is 5.97. The largest absolute Gasteiger partial charge is 0.326 e. The molecular formula is C26H27FN8. The van der Waals surface area contributed by atoms with Crippen molar-refractivity contribution in [2.75, 3.05) is 13.1 Å². The molecule has 1 aliphatic rings. The van der Waals surface area contributed by atoms with Gasteiger partial charge in [0, 0.05) is 61.1 Å². The Kier molecular flexibility index (Phi) is 5.12. The molecule has 1 aromatic carbocycles.